The maximum absolute atomic E-state index is 8.62. The fourth-order valence-electron chi connectivity index (χ4n) is 1.99. The van der Waals surface area contributed by atoms with Gasteiger partial charge in [0.1, 0.15) is 0 Å². The van der Waals surface area contributed by atoms with E-state index in [2.05, 4.69) is 23.3 Å². The quantitative estimate of drug-likeness (QED) is 0.729. The van der Waals surface area contributed by atoms with Crippen molar-refractivity contribution in [2.75, 3.05) is 33.2 Å². The maximum Gasteiger partial charge on any atom is 0.0666 e. The molecule has 0 aromatic rings. The summed E-state index contributed by atoms with van der Waals surface area (Å²) in [5, 5.41) is 12.0. The SMILES string of the molecule is CC(C#N)CNCC1CCCN(C)C1. The van der Waals surface area contributed by atoms with E-state index in [9.17, 15) is 0 Å². The Labute approximate surface area is 87.1 Å². The van der Waals surface area contributed by atoms with Gasteiger partial charge in [0.05, 0.1) is 12.0 Å². The van der Waals surface area contributed by atoms with E-state index in [1.165, 1.54) is 25.9 Å². The summed E-state index contributed by atoms with van der Waals surface area (Å²) in [6.45, 7) is 6.30. The van der Waals surface area contributed by atoms with Crippen molar-refractivity contribution >= 4 is 0 Å². The zero-order chi connectivity index (χ0) is 10.4. The van der Waals surface area contributed by atoms with Crippen molar-refractivity contribution in [3.8, 4) is 6.07 Å². The molecule has 80 valence electrons. The first-order chi connectivity index (χ1) is 6.72. The van der Waals surface area contributed by atoms with Crippen LogP contribution in [-0.2, 0) is 0 Å². The van der Waals surface area contributed by atoms with E-state index < -0.39 is 0 Å². The highest BCUT2D eigenvalue weighted by molar-refractivity contribution is 4.81. The van der Waals surface area contributed by atoms with Crippen molar-refractivity contribution in [3.05, 3.63) is 0 Å². The third kappa shape index (κ3) is 4.08. The molecule has 0 saturated carbocycles. The average Bonchev–Trinajstić information content (AvgIpc) is 2.17. The topological polar surface area (TPSA) is 39.1 Å². The van der Waals surface area contributed by atoms with E-state index in [1.807, 2.05) is 6.92 Å². The monoisotopic (exact) mass is 195 g/mol. The van der Waals surface area contributed by atoms with Crippen molar-refractivity contribution in [1.82, 2.24) is 10.2 Å². The molecule has 0 aromatic carbocycles. The Bertz CT molecular complexity index is 197. The third-order valence-corrected chi connectivity index (χ3v) is 2.83. The molecule has 0 radical (unpaired) electrons. The first-order valence-corrected chi connectivity index (χ1v) is 5.51. The number of likely N-dealkylation sites (tertiary alicyclic amines) is 1. The Kier molecular flexibility index (Phi) is 4.92. The fraction of sp³-hybridized carbons (Fsp3) is 0.909. The number of hydrogen-bond donors (Lipinski definition) is 1. The molecule has 1 heterocycles. The Morgan fingerprint density at radius 1 is 1.64 bits per heavy atom. The molecule has 0 spiro atoms. The van der Waals surface area contributed by atoms with Gasteiger partial charge in [0.15, 0.2) is 0 Å². The predicted octanol–water partition coefficient (Wildman–Crippen LogP) is 1.08. The first-order valence-electron chi connectivity index (χ1n) is 5.51. The van der Waals surface area contributed by atoms with Crippen LogP contribution in [0, 0.1) is 23.2 Å². The van der Waals surface area contributed by atoms with Crippen LogP contribution in [0.4, 0.5) is 0 Å². The summed E-state index contributed by atoms with van der Waals surface area (Å²) in [5.41, 5.74) is 0. The van der Waals surface area contributed by atoms with Gasteiger partial charge in [0.2, 0.25) is 0 Å². The average molecular weight is 195 g/mol. The molecule has 3 heteroatoms. The molecule has 1 aliphatic heterocycles. The highest BCUT2D eigenvalue weighted by Gasteiger charge is 2.16. The minimum absolute atomic E-state index is 0.135. The van der Waals surface area contributed by atoms with E-state index in [1.54, 1.807) is 0 Å². The van der Waals surface area contributed by atoms with Gasteiger partial charge in [-0.05, 0) is 45.8 Å². The second-order valence-corrected chi connectivity index (χ2v) is 4.46. The molecule has 2 atom stereocenters. The number of hydrogen-bond acceptors (Lipinski definition) is 3. The van der Waals surface area contributed by atoms with Crippen LogP contribution in [0.1, 0.15) is 19.8 Å². The summed E-state index contributed by atoms with van der Waals surface area (Å²) >= 11 is 0. The van der Waals surface area contributed by atoms with Crippen molar-refractivity contribution < 1.29 is 0 Å². The third-order valence-electron chi connectivity index (χ3n) is 2.83. The lowest BCUT2D eigenvalue weighted by Gasteiger charge is -2.29. The molecule has 0 bridgehead atoms. The van der Waals surface area contributed by atoms with E-state index in [0.717, 1.165) is 19.0 Å². The Morgan fingerprint density at radius 2 is 2.43 bits per heavy atom. The molecule has 0 aliphatic carbocycles. The van der Waals surface area contributed by atoms with Crippen molar-refractivity contribution in [2.24, 2.45) is 11.8 Å². The van der Waals surface area contributed by atoms with Crippen LogP contribution in [0.3, 0.4) is 0 Å². The zero-order valence-corrected chi connectivity index (χ0v) is 9.29. The van der Waals surface area contributed by atoms with Gasteiger partial charge in [-0.15, -0.1) is 0 Å². The molecule has 0 amide bonds. The summed E-state index contributed by atoms with van der Waals surface area (Å²) in [5.74, 6) is 0.913. The van der Waals surface area contributed by atoms with Crippen molar-refractivity contribution in [1.29, 1.82) is 5.26 Å². The molecule has 1 rings (SSSR count). The number of rotatable bonds is 4. The second-order valence-electron chi connectivity index (χ2n) is 4.46. The van der Waals surface area contributed by atoms with Gasteiger partial charge in [-0.1, -0.05) is 0 Å². The Balaban J connectivity index is 2.09. The lowest BCUT2D eigenvalue weighted by Crippen LogP contribution is -2.38. The molecular formula is C11H21N3. The van der Waals surface area contributed by atoms with E-state index in [4.69, 9.17) is 5.26 Å². The number of nitriles is 1. The normalized spacial score (nSPS) is 25.6. The van der Waals surface area contributed by atoms with Crippen molar-refractivity contribution in [2.45, 2.75) is 19.8 Å². The maximum atomic E-state index is 8.62. The van der Waals surface area contributed by atoms with Crippen LogP contribution in [-0.4, -0.2) is 38.1 Å². The minimum Gasteiger partial charge on any atom is -0.315 e. The molecule has 0 aromatic heterocycles. The Hall–Kier alpha value is -0.590. The van der Waals surface area contributed by atoms with Crippen LogP contribution in [0.5, 0.6) is 0 Å². The summed E-state index contributed by atoms with van der Waals surface area (Å²) < 4.78 is 0. The predicted molar refractivity (Wildman–Crippen MR) is 57.9 cm³/mol. The fourth-order valence-corrected chi connectivity index (χ4v) is 1.99. The second kappa shape index (κ2) is 6.00. The van der Waals surface area contributed by atoms with E-state index in [0.29, 0.717) is 0 Å². The van der Waals surface area contributed by atoms with Gasteiger partial charge in [-0.25, -0.2) is 0 Å². The van der Waals surface area contributed by atoms with Crippen LogP contribution >= 0.6 is 0 Å². The number of nitrogens with one attached hydrogen (secondary N) is 1. The summed E-state index contributed by atoms with van der Waals surface area (Å²) in [6.07, 6.45) is 2.65. The van der Waals surface area contributed by atoms with Gasteiger partial charge >= 0.3 is 0 Å². The molecule has 1 N–H and O–H groups in total. The van der Waals surface area contributed by atoms with Crippen molar-refractivity contribution in [3.63, 3.8) is 0 Å². The number of nitrogens with zero attached hydrogens (tertiary/aromatic N) is 2. The van der Waals surface area contributed by atoms with E-state index >= 15 is 0 Å². The molecule has 1 saturated heterocycles. The summed E-state index contributed by atoms with van der Waals surface area (Å²) in [4.78, 5) is 2.39. The molecule has 2 unspecified atom stereocenters. The summed E-state index contributed by atoms with van der Waals surface area (Å²) in [7, 11) is 2.18. The molecule has 1 fully saturated rings. The largest absolute Gasteiger partial charge is 0.315 e. The van der Waals surface area contributed by atoms with Crippen LogP contribution in [0.15, 0.2) is 0 Å². The Morgan fingerprint density at radius 3 is 3.07 bits per heavy atom. The highest BCUT2D eigenvalue weighted by Crippen LogP contribution is 2.13. The standard InChI is InChI=1S/C11H21N3/c1-10(6-12)7-13-8-11-4-3-5-14(2)9-11/h10-11,13H,3-5,7-9H2,1-2H3. The van der Waals surface area contributed by atoms with Gasteiger partial charge in [0, 0.05) is 13.1 Å². The highest BCUT2D eigenvalue weighted by atomic mass is 15.1. The summed E-state index contributed by atoms with van der Waals surface area (Å²) in [6, 6.07) is 2.24. The van der Waals surface area contributed by atoms with Gasteiger partial charge < -0.3 is 10.2 Å². The van der Waals surface area contributed by atoms with E-state index in [-0.39, 0.29) is 5.92 Å². The minimum atomic E-state index is 0.135. The molecule has 14 heavy (non-hydrogen) atoms. The lowest BCUT2D eigenvalue weighted by molar-refractivity contribution is 0.206. The zero-order valence-electron chi connectivity index (χ0n) is 9.29. The molecule has 3 nitrogen and oxygen atoms in total. The van der Waals surface area contributed by atoms with Crippen LogP contribution in [0.2, 0.25) is 0 Å². The lowest BCUT2D eigenvalue weighted by atomic mass is 9.98. The first kappa shape index (κ1) is 11.5. The van der Waals surface area contributed by atoms with Gasteiger partial charge in [-0.2, -0.15) is 5.26 Å². The smallest absolute Gasteiger partial charge is 0.0666 e. The molecular weight excluding hydrogens is 174 g/mol. The van der Waals surface area contributed by atoms with Crippen LogP contribution < -0.4 is 5.32 Å². The van der Waals surface area contributed by atoms with Gasteiger partial charge in [0.25, 0.3) is 0 Å². The molecule has 1 aliphatic rings. The van der Waals surface area contributed by atoms with Gasteiger partial charge in [-0.3, -0.25) is 0 Å². The van der Waals surface area contributed by atoms with Crippen LogP contribution in [0.25, 0.3) is 0 Å². The number of piperidine rings is 1.